The Morgan fingerprint density at radius 3 is 2.60 bits per heavy atom. The van der Waals surface area contributed by atoms with Crippen LogP contribution >= 0.6 is 0 Å². The van der Waals surface area contributed by atoms with Crippen molar-refractivity contribution in [1.29, 1.82) is 0 Å². The maximum Gasteiger partial charge on any atom is 0.157 e. The third kappa shape index (κ3) is 5.54. The van der Waals surface area contributed by atoms with Crippen LogP contribution in [0, 0.1) is 0 Å². The molecule has 0 heterocycles. The highest BCUT2D eigenvalue weighted by Crippen LogP contribution is 1.95. The molecule has 0 aliphatic carbocycles. The molecule has 0 aromatic rings. The average Bonchev–Trinajstić information content (AvgIpc) is 1.89. The number of rotatable bonds is 6. The van der Waals surface area contributed by atoms with E-state index in [0.717, 1.165) is 6.42 Å². The van der Waals surface area contributed by atoms with Gasteiger partial charge in [0.25, 0.3) is 0 Å². The van der Waals surface area contributed by atoms with Gasteiger partial charge in [0.1, 0.15) is 0 Å². The van der Waals surface area contributed by atoms with Crippen molar-refractivity contribution in [2.45, 2.75) is 19.1 Å². The van der Waals surface area contributed by atoms with Crippen molar-refractivity contribution in [1.82, 2.24) is 0 Å². The molecular formula is C8H14O2. The fraction of sp³-hybridized carbons (Fsp3) is 0.500. The first-order valence-corrected chi connectivity index (χ1v) is 3.32. The quantitative estimate of drug-likeness (QED) is 0.346. The minimum atomic E-state index is -0.697. The van der Waals surface area contributed by atoms with Crippen LogP contribution in [0.5, 0.6) is 0 Å². The number of aliphatic hydroxyl groups is 1. The van der Waals surface area contributed by atoms with E-state index in [-0.39, 0.29) is 0 Å². The van der Waals surface area contributed by atoms with Crippen molar-refractivity contribution < 1.29 is 9.84 Å². The smallest absolute Gasteiger partial charge is 0.157 e. The molecule has 58 valence electrons. The highest BCUT2D eigenvalue weighted by molar-refractivity contribution is 4.68. The zero-order valence-electron chi connectivity index (χ0n) is 6.12. The predicted octanol–water partition coefficient (Wildman–Crippen LogP) is 1.47. The van der Waals surface area contributed by atoms with Gasteiger partial charge in [-0.25, -0.2) is 0 Å². The molecule has 1 N–H and O–H groups in total. The lowest BCUT2D eigenvalue weighted by Gasteiger charge is -2.07. The summed E-state index contributed by atoms with van der Waals surface area (Å²) in [6, 6.07) is 0. The zero-order chi connectivity index (χ0) is 7.82. The van der Waals surface area contributed by atoms with Crippen LogP contribution in [0.15, 0.2) is 25.3 Å². The average molecular weight is 142 g/mol. The lowest BCUT2D eigenvalue weighted by molar-refractivity contribution is -0.0941. The minimum Gasteiger partial charge on any atom is -0.368 e. The molecule has 10 heavy (non-hydrogen) atoms. The number of hydrogen-bond donors (Lipinski definition) is 1. The fourth-order valence-corrected chi connectivity index (χ4v) is 0.498. The van der Waals surface area contributed by atoms with Crippen LogP contribution in [0.3, 0.4) is 0 Å². The first-order valence-electron chi connectivity index (χ1n) is 3.32. The molecule has 0 rings (SSSR count). The Morgan fingerprint density at radius 1 is 1.40 bits per heavy atom. The third-order valence-electron chi connectivity index (χ3n) is 1.00. The SMILES string of the molecule is C=CCCOC(O)CC=C. The van der Waals surface area contributed by atoms with Gasteiger partial charge < -0.3 is 9.84 Å². The monoisotopic (exact) mass is 142 g/mol. The lowest BCUT2D eigenvalue weighted by Crippen LogP contribution is -2.10. The van der Waals surface area contributed by atoms with Gasteiger partial charge in [-0.2, -0.15) is 0 Å². The molecule has 2 heteroatoms. The third-order valence-corrected chi connectivity index (χ3v) is 1.00. The summed E-state index contributed by atoms with van der Waals surface area (Å²) in [6.45, 7) is 7.52. The minimum absolute atomic E-state index is 0.483. The predicted molar refractivity (Wildman–Crippen MR) is 41.6 cm³/mol. The molecule has 0 spiro atoms. The summed E-state index contributed by atoms with van der Waals surface area (Å²) in [6.07, 6.45) is 3.93. The van der Waals surface area contributed by atoms with Crippen molar-refractivity contribution >= 4 is 0 Å². The van der Waals surface area contributed by atoms with Crippen LogP contribution in [-0.2, 0) is 4.74 Å². The van der Waals surface area contributed by atoms with Crippen molar-refractivity contribution in [2.75, 3.05) is 6.61 Å². The molecule has 0 aromatic heterocycles. The summed E-state index contributed by atoms with van der Waals surface area (Å²) < 4.78 is 4.94. The van der Waals surface area contributed by atoms with Crippen molar-refractivity contribution in [3.05, 3.63) is 25.3 Å². The molecule has 0 fully saturated rings. The number of hydrogen-bond acceptors (Lipinski definition) is 2. The number of aliphatic hydroxyl groups excluding tert-OH is 1. The molecular weight excluding hydrogens is 128 g/mol. The van der Waals surface area contributed by atoms with Crippen LogP contribution in [0.2, 0.25) is 0 Å². The second-order valence-electron chi connectivity index (χ2n) is 1.93. The van der Waals surface area contributed by atoms with Gasteiger partial charge in [-0.15, -0.1) is 13.2 Å². The van der Waals surface area contributed by atoms with E-state index in [1.54, 1.807) is 12.2 Å². The van der Waals surface area contributed by atoms with E-state index in [2.05, 4.69) is 13.2 Å². The summed E-state index contributed by atoms with van der Waals surface area (Å²) in [5.41, 5.74) is 0. The Labute approximate surface area is 61.8 Å². The van der Waals surface area contributed by atoms with Gasteiger partial charge in [0.15, 0.2) is 6.29 Å². The van der Waals surface area contributed by atoms with Gasteiger partial charge in [-0.05, 0) is 6.42 Å². The van der Waals surface area contributed by atoms with Gasteiger partial charge in [0, 0.05) is 6.42 Å². The van der Waals surface area contributed by atoms with Crippen LogP contribution in [0.1, 0.15) is 12.8 Å². The summed E-state index contributed by atoms with van der Waals surface area (Å²) in [5.74, 6) is 0. The molecule has 1 atom stereocenters. The summed E-state index contributed by atoms with van der Waals surface area (Å²) in [7, 11) is 0. The zero-order valence-corrected chi connectivity index (χ0v) is 6.12. The van der Waals surface area contributed by atoms with E-state index in [1.165, 1.54) is 0 Å². The van der Waals surface area contributed by atoms with E-state index in [9.17, 15) is 0 Å². The standard InChI is InChI=1S/C8H14O2/c1-3-5-7-10-8(9)6-4-2/h3-4,8-9H,1-2,5-7H2. The lowest BCUT2D eigenvalue weighted by atomic mass is 10.4. The maximum atomic E-state index is 8.95. The van der Waals surface area contributed by atoms with E-state index < -0.39 is 6.29 Å². The highest BCUT2D eigenvalue weighted by Gasteiger charge is 1.97. The summed E-state index contributed by atoms with van der Waals surface area (Å²) in [4.78, 5) is 0. The normalized spacial score (nSPS) is 12.5. The van der Waals surface area contributed by atoms with Gasteiger partial charge >= 0.3 is 0 Å². The first-order chi connectivity index (χ1) is 4.81. The molecule has 0 aliphatic rings. The second kappa shape index (κ2) is 6.52. The molecule has 0 radical (unpaired) electrons. The van der Waals surface area contributed by atoms with E-state index >= 15 is 0 Å². The Kier molecular flexibility index (Phi) is 6.13. The van der Waals surface area contributed by atoms with E-state index in [1.807, 2.05) is 0 Å². The largest absolute Gasteiger partial charge is 0.368 e. The van der Waals surface area contributed by atoms with Crippen LogP contribution in [0.4, 0.5) is 0 Å². The topological polar surface area (TPSA) is 29.5 Å². The van der Waals surface area contributed by atoms with Crippen LogP contribution in [0.25, 0.3) is 0 Å². The van der Waals surface area contributed by atoms with E-state index in [0.29, 0.717) is 13.0 Å². The van der Waals surface area contributed by atoms with Crippen LogP contribution in [-0.4, -0.2) is 18.0 Å². The van der Waals surface area contributed by atoms with Crippen molar-refractivity contribution in [3.8, 4) is 0 Å². The highest BCUT2D eigenvalue weighted by atomic mass is 16.6. The molecule has 0 amide bonds. The molecule has 0 saturated carbocycles. The van der Waals surface area contributed by atoms with Gasteiger partial charge in [-0.3, -0.25) is 0 Å². The molecule has 0 bridgehead atoms. The Bertz CT molecular complexity index is 99.4. The van der Waals surface area contributed by atoms with Gasteiger partial charge in [0.05, 0.1) is 6.61 Å². The molecule has 1 unspecified atom stereocenters. The summed E-state index contributed by atoms with van der Waals surface area (Å²) >= 11 is 0. The molecule has 0 aromatic carbocycles. The van der Waals surface area contributed by atoms with Crippen LogP contribution < -0.4 is 0 Å². The maximum absolute atomic E-state index is 8.95. The molecule has 0 aliphatic heterocycles. The van der Waals surface area contributed by atoms with Gasteiger partial charge in [-0.1, -0.05) is 12.2 Å². The Hall–Kier alpha value is -0.600. The molecule has 2 nitrogen and oxygen atoms in total. The second-order valence-corrected chi connectivity index (χ2v) is 1.93. The van der Waals surface area contributed by atoms with Gasteiger partial charge in [0.2, 0.25) is 0 Å². The number of ether oxygens (including phenoxy) is 1. The fourth-order valence-electron chi connectivity index (χ4n) is 0.498. The summed E-state index contributed by atoms with van der Waals surface area (Å²) in [5, 5.41) is 8.95. The molecule has 0 saturated heterocycles. The van der Waals surface area contributed by atoms with E-state index in [4.69, 9.17) is 9.84 Å². The Balaban J connectivity index is 3.11. The van der Waals surface area contributed by atoms with Crippen molar-refractivity contribution in [2.24, 2.45) is 0 Å². The Morgan fingerprint density at radius 2 is 2.10 bits per heavy atom. The van der Waals surface area contributed by atoms with Crippen molar-refractivity contribution in [3.63, 3.8) is 0 Å². The first kappa shape index (κ1) is 9.40.